The summed E-state index contributed by atoms with van der Waals surface area (Å²) in [6, 6.07) is 7.15. The summed E-state index contributed by atoms with van der Waals surface area (Å²) in [6.07, 6.45) is 3.70. The molecule has 0 bridgehead atoms. The van der Waals surface area contributed by atoms with Gasteiger partial charge in [0, 0.05) is 36.5 Å². The van der Waals surface area contributed by atoms with E-state index < -0.39 is 22.5 Å². The Kier molecular flexibility index (Phi) is 8.53. The van der Waals surface area contributed by atoms with Crippen molar-refractivity contribution in [1.82, 2.24) is 4.57 Å². The summed E-state index contributed by atoms with van der Waals surface area (Å²) in [5.74, 6) is 0.457. The van der Waals surface area contributed by atoms with E-state index in [0.717, 1.165) is 43.0 Å². The number of nitro groups is 1. The number of benzene rings is 2. The van der Waals surface area contributed by atoms with Crippen LogP contribution in [0.3, 0.4) is 0 Å². The fourth-order valence-corrected chi connectivity index (χ4v) is 6.56. The molecule has 0 spiro atoms. The number of carbonyl (C=O) groups is 1. The quantitative estimate of drug-likeness (QED) is 0.204. The van der Waals surface area contributed by atoms with Gasteiger partial charge < -0.3 is 23.8 Å². The monoisotopic (exact) mass is 608 g/mol. The van der Waals surface area contributed by atoms with E-state index in [0.29, 0.717) is 43.4 Å². The maximum atomic E-state index is 14.2. The van der Waals surface area contributed by atoms with E-state index in [1.54, 1.807) is 38.1 Å². The highest BCUT2D eigenvalue weighted by Crippen LogP contribution is 2.42. The molecule has 226 valence electrons. The molecule has 0 N–H and O–H groups in total. The molecule has 43 heavy (non-hydrogen) atoms. The second-order valence-corrected chi connectivity index (χ2v) is 11.0. The minimum atomic E-state index is -0.922. The molecule has 0 amide bonds. The molecular weight excluding hydrogens is 576 g/mol. The maximum absolute atomic E-state index is 14.2. The summed E-state index contributed by atoms with van der Waals surface area (Å²) in [5.41, 5.74) is 2.02. The lowest BCUT2D eigenvalue weighted by Gasteiger charge is -2.26. The van der Waals surface area contributed by atoms with E-state index in [2.05, 4.69) is 9.89 Å². The molecular formula is C30H32N4O8S. The molecule has 0 saturated carbocycles. The Morgan fingerprint density at radius 1 is 1.12 bits per heavy atom. The SMILES string of the molecule is CCOC(=O)C1=C(C)N=c2s/c(=C/c3cc([N+](=O)[O-])ccc3N3CCCC3)c(=O)n2[C@H]1c1cc(OC)c(OC)c(OC)c1. The van der Waals surface area contributed by atoms with Crippen molar-refractivity contribution in [3.05, 3.63) is 82.5 Å². The van der Waals surface area contributed by atoms with E-state index in [1.165, 1.54) is 38.0 Å². The third kappa shape index (κ3) is 5.47. The first-order chi connectivity index (χ1) is 20.7. The number of nitrogens with zero attached hydrogens (tertiary/aromatic N) is 4. The normalized spacial score (nSPS) is 16.5. The highest BCUT2D eigenvalue weighted by Gasteiger charge is 2.35. The molecule has 0 radical (unpaired) electrons. The number of esters is 1. The third-order valence-corrected chi connectivity index (χ3v) is 8.46. The minimum absolute atomic E-state index is 0.0716. The van der Waals surface area contributed by atoms with Crippen LogP contribution < -0.4 is 34.0 Å². The van der Waals surface area contributed by atoms with Crippen LogP contribution in [-0.4, -0.2) is 56.5 Å². The average molecular weight is 609 g/mol. The Bertz CT molecular complexity index is 1780. The van der Waals surface area contributed by atoms with Crippen molar-refractivity contribution >= 4 is 34.8 Å². The number of nitro benzene ring substituents is 1. The number of hydrogen-bond acceptors (Lipinski definition) is 11. The highest BCUT2D eigenvalue weighted by atomic mass is 32.1. The molecule has 2 aromatic carbocycles. The first-order valence-electron chi connectivity index (χ1n) is 13.7. The highest BCUT2D eigenvalue weighted by molar-refractivity contribution is 7.07. The van der Waals surface area contributed by atoms with Gasteiger partial charge in [-0.2, -0.15) is 0 Å². The van der Waals surface area contributed by atoms with Gasteiger partial charge in [-0.15, -0.1) is 0 Å². The predicted molar refractivity (Wildman–Crippen MR) is 161 cm³/mol. The lowest BCUT2D eigenvalue weighted by atomic mass is 9.95. The number of fused-ring (bicyclic) bond motifs is 1. The number of allylic oxidation sites excluding steroid dienone is 1. The van der Waals surface area contributed by atoms with Crippen molar-refractivity contribution in [1.29, 1.82) is 0 Å². The first kappa shape index (κ1) is 29.8. The largest absolute Gasteiger partial charge is 0.493 e. The van der Waals surface area contributed by atoms with E-state index in [1.807, 2.05) is 0 Å². The number of methoxy groups -OCH3 is 3. The Morgan fingerprint density at radius 3 is 2.37 bits per heavy atom. The Hall–Kier alpha value is -4.65. The van der Waals surface area contributed by atoms with Crippen LogP contribution in [-0.2, 0) is 9.53 Å². The smallest absolute Gasteiger partial charge is 0.338 e. The number of aromatic nitrogens is 1. The molecule has 2 aliphatic rings. The van der Waals surface area contributed by atoms with Crippen molar-refractivity contribution in [3.8, 4) is 17.2 Å². The number of ether oxygens (including phenoxy) is 4. The fourth-order valence-electron chi connectivity index (χ4n) is 5.52. The van der Waals surface area contributed by atoms with Gasteiger partial charge in [0.15, 0.2) is 16.3 Å². The maximum Gasteiger partial charge on any atom is 0.338 e. The van der Waals surface area contributed by atoms with Gasteiger partial charge in [-0.1, -0.05) is 11.3 Å². The topological polar surface area (TPSA) is 135 Å². The summed E-state index contributed by atoms with van der Waals surface area (Å²) < 4.78 is 23.8. The van der Waals surface area contributed by atoms with Gasteiger partial charge in [-0.05, 0) is 56.5 Å². The molecule has 13 heteroatoms. The van der Waals surface area contributed by atoms with E-state index in [4.69, 9.17) is 18.9 Å². The van der Waals surface area contributed by atoms with E-state index in [-0.39, 0.29) is 17.9 Å². The van der Waals surface area contributed by atoms with Crippen LogP contribution in [0.5, 0.6) is 17.2 Å². The van der Waals surface area contributed by atoms with Gasteiger partial charge in [-0.25, -0.2) is 9.79 Å². The van der Waals surface area contributed by atoms with Crippen molar-refractivity contribution in [2.24, 2.45) is 4.99 Å². The van der Waals surface area contributed by atoms with Crippen LogP contribution >= 0.6 is 11.3 Å². The van der Waals surface area contributed by atoms with Gasteiger partial charge >= 0.3 is 5.97 Å². The molecule has 1 fully saturated rings. The molecule has 0 unspecified atom stereocenters. The molecule has 5 rings (SSSR count). The number of anilines is 1. The van der Waals surface area contributed by atoms with Crippen LogP contribution in [0.4, 0.5) is 11.4 Å². The summed E-state index contributed by atoms with van der Waals surface area (Å²) >= 11 is 1.15. The summed E-state index contributed by atoms with van der Waals surface area (Å²) in [4.78, 5) is 45.8. The predicted octanol–water partition coefficient (Wildman–Crippen LogP) is 3.33. The standard InChI is InChI=1S/C30H32N4O8S/c1-6-42-29(36)25-17(2)31-30-33(26(25)19-14-22(39-3)27(41-5)23(15-19)40-4)28(35)24(43-30)16-18-13-20(34(37)38)9-10-21(18)32-11-7-8-12-32/h9-10,13-16,26H,6-8,11-12H2,1-5H3/b24-16+/t26-/m0/s1. The Balaban J connectivity index is 1.77. The summed E-state index contributed by atoms with van der Waals surface area (Å²) in [5, 5.41) is 11.6. The molecule has 3 heterocycles. The number of thiazole rings is 1. The zero-order valence-corrected chi connectivity index (χ0v) is 25.4. The van der Waals surface area contributed by atoms with Crippen LogP contribution in [0.2, 0.25) is 0 Å². The number of carbonyl (C=O) groups excluding carboxylic acids is 1. The van der Waals surface area contributed by atoms with Crippen LogP contribution in [0.1, 0.15) is 43.9 Å². The zero-order chi connectivity index (χ0) is 30.8. The molecule has 1 atom stereocenters. The Morgan fingerprint density at radius 2 is 1.79 bits per heavy atom. The van der Waals surface area contributed by atoms with Gasteiger partial charge in [0.05, 0.1) is 54.7 Å². The molecule has 1 aromatic heterocycles. The van der Waals surface area contributed by atoms with Gasteiger partial charge in [0.2, 0.25) is 5.75 Å². The number of non-ortho nitro benzene ring substituents is 1. The molecule has 3 aromatic rings. The lowest BCUT2D eigenvalue weighted by molar-refractivity contribution is -0.384. The first-order valence-corrected chi connectivity index (χ1v) is 14.6. The second kappa shape index (κ2) is 12.3. The fraction of sp³-hybridized carbons (Fsp3) is 0.367. The number of hydrogen-bond donors (Lipinski definition) is 0. The van der Waals surface area contributed by atoms with Gasteiger partial charge in [0.1, 0.15) is 0 Å². The molecule has 12 nitrogen and oxygen atoms in total. The molecule has 0 aliphatic carbocycles. The Labute approximate surface area is 251 Å². The van der Waals surface area contributed by atoms with E-state index in [9.17, 15) is 19.7 Å². The van der Waals surface area contributed by atoms with Gasteiger partial charge in [-0.3, -0.25) is 19.5 Å². The molecule has 2 aliphatic heterocycles. The van der Waals surface area contributed by atoms with Crippen molar-refractivity contribution in [2.45, 2.75) is 32.7 Å². The van der Waals surface area contributed by atoms with Crippen LogP contribution in [0.15, 0.2) is 51.4 Å². The van der Waals surface area contributed by atoms with Crippen LogP contribution in [0, 0.1) is 10.1 Å². The minimum Gasteiger partial charge on any atom is -0.493 e. The van der Waals surface area contributed by atoms with E-state index >= 15 is 0 Å². The van der Waals surface area contributed by atoms with Gasteiger partial charge in [0.25, 0.3) is 11.2 Å². The lowest BCUT2D eigenvalue weighted by Crippen LogP contribution is -2.40. The third-order valence-electron chi connectivity index (χ3n) is 7.48. The summed E-state index contributed by atoms with van der Waals surface area (Å²) in [6.45, 7) is 5.18. The zero-order valence-electron chi connectivity index (χ0n) is 24.5. The van der Waals surface area contributed by atoms with Crippen molar-refractivity contribution < 1.29 is 28.7 Å². The van der Waals surface area contributed by atoms with Crippen molar-refractivity contribution in [3.63, 3.8) is 0 Å². The average Bonchev–Trinajstić information content (AvgIpc) is 3.64. The number of rotatable bonds is 9. The molecule has 1 saturated heterocycles. The summed E-state index contributed by atoms with van der Waals surface area (Å²) in [7, 11) is 4.45. The van der Waals surface area contributed by atoms with Crippen molar-refractivity contribution in [2.75, 3.05) is 45.9 Å². The van der Waals surface area contributed by atoms with Crippen LogP contribution in [0.25, 0.3) is 6.08 Å². The second-order valence-electron chi connectivity index (χ2n) is 9.96.